The summed E-state index contributed by atoms with van der Waals surface area (Å²) in [5.41, 5.74) is 1.40. The van der Waals surface area contributed by atoms with Crippen molar-refractivity contribution < 1.29 is 19.1 Å². The maximum absolute atomic E-state index is 12.5. The van der Waals surface area contributed by atoms with Crippen molar-refractivity contribution in [1.29, 1.82) is 0 Å². The summed E-state index contributed by atoms with van der Waals surface area (Å²) in [6, 6.07) is 13.9. The fourth-order valence-electron chi connectivity index (χ4n) is 2.48. The lowest BCUT2D eigenvalue weighted by molar-refractivity contribution is -0.122. The molecular weight excluding hydrogens is 344 g/mol. The molecule has 1 unspecified atom stereocenters. The molecule has 1 atom stereocenters. The first-order valence-corrected chi connectivity index (χ1v) is 9.07. The van der Waals surface area contributed by atoms with Crippen LogP contribution in [0.25, 0.3) is 0 Å². The Labute approximate surface area is 159 Å². The van der Waals surface area contributed by atoms with Gasteiger partial charge in [-0.05, 0) is 44.5 Å². The first kappa shape index (κ1) is 20.3. The van der Waals surface area contributed by atoms with E-state index in [4.69, 9.17) is 9.47 Å². The Morgan fingerprint density at radius 3 is 2.30 bits per heavy atom. The van der Waals surface area contributed by atoms with Gasteiger partial charge < -0.3 is 20.1 Å². The Kier molecular flexibility index (Phi) is 7.67. The Morgan fingerprint density at radius 1 is 0.963 bits per heavy atom. The molecule has 0 saturated carbocycles. The van der Waals surface area contributed by atoms with Gasteiger partial charge in [0, 0.05) is 12.1 Å². The highest BCUT2D eigenvalue weighted by Gasteiger charge is 2.18. The van der Waals surface area contributed by atoms with Crippen LogP contribution in [0.3, 0.4) is 0 Å². The maximum Gasteiger partial charge on any atom is 0.252 e. The summed E-state index contributed by atoms with van der Waals surface area (Å²) in [4.78, 5) is 24.7. The predicted octanol–water partition coefficient (Wildman–Crippen LogP) is 2.92. The van der Waals surface area contributed by atoms with Crippen LogP contribution in [0.5, 0.6) is 11.5 Å². The molecule has 6 heteroatoms. The molecule has 0 saturated heterocycles. The first-order chi connectivity index (χ1) is 13.0. The monoisotopic (exact) mass is 370 g/mol. The number of nitrogens with one attached hydrogen (secondary N) is 2. The molecule has 2 aromatic carbocycles. The van der Waals surface area contributed by atoms with Gasteiger partial charge in [0.25, 0.3) is 5.91 Å². The van der Waals surface area contributed by atoms with Crippen LogP contribution < -0.4 is 20.1 Å². The Hall–Kier alpha value is -3.02. The smallest absolute Gasteiger partial charge is 0.252 e. The molecule has 2 aromatic rings. The van der Waals surface area contributed by atoms with E-state index in [-0.39, 0.29) is 11.8 Å². The summed E-state index contributed by atoms with van der Waals surface area (Å²) in [6.07, 6.45) is 0. The average molecular weight is 370 g/mol. The second-order valence-electron chi connectivity index (χ2n) is 5.93. The van der Waals surface area contributed by atoms with Crippen molar-refractivity contribution in [1.82, 2.24) is 10.6 Å². The minimum Gasteiger partial charge on any atom is -0.490 e. The SMILES string of the molecule is CCOc1ccc(C(=O)NC(C)C(=O)NCc2ccccc2)cc1OCC. The molecular formula is C21H26N2O4. The van der Waals surface area contributed by atoms with Crippen LogP contribution in [0, 0.1) is 0 Å². The van der Waals surface area contributed by atoms with Crippen molar-refractivity contribution in [2.24, 2.45) is 0 Å². The van der Waals surface area contributed by atoms with Crippen molar-refractivity contribution >= 4 is 11.8 Å². The minimum atomic E-state index is -0.664. The number of benzene rings is 2. The van der Waals surface area contributed by atoms with Gasteiger partial charge >= 0.3 is 0 Å². The van der Waals surface area contributed by atoms with Crippen LogP contribution in [-0.4, -0.2) is 31.1 Å². The van der Waals surface area contributed by atoms with Crippen LogP contribution in [0.4, 0.5) is 0 Å². The third kappa shape index (κ3) is 6.02. The van der Waals surface area contributed by atoms with Gasteiger partial charge in [-0.2, -0.15) is 0 Å². The lowest BCUT2D eigenvalue weighted by atomic mass is 10.1. The lowest BCUT2D eigenvalue weighted by Crippen LogP contribution is -2.44. The molecule has 2 amide bonds. The van der Waals surface area contributed by atoms with Crippen molar-refractivity contribution in [2.45, 2.75) is 33.4 Å². The van der Waals surface area contributed by atoms with Gasteiger partial charge in [0.05, 0.1) is 13.2 Å². The summed E-state index contributed by atoms with van der Waals surface area (Å²) in [6.45, 7) is 6.77. The van der Waals surface area contributed by atoms with E-state index in [0.717, 1.165) is 5.56 Å². The van der Waals surface area contributed by atoms with E-state index in [1.807, 2.05) is 44.2 Å². The second-order valence-corrected chi connectivity index (χ2v) is 5.93. The van der Waals surface area contributed by atoms with E-state index in [0.29, 0.717) is 36.8 Å². The van der Waals surface area contributed by atoms with E-state index < -0.39 is 6.04 Å². The summed E-state index contributed by atoms with van der Waals surface area (Å²) in [5.74, 6) is 0.502. The minimum absolute atomic E-state index is 0.247. The van der Waals surface area contributed by atoms with Gasteiger partial charge in [-0.15, -0.1) is 0 Å². The Bertz CT molecular complexity index is 762. The number of ether oxygens (including phenoxy) is 2. The zero-order chi connectivity index (χ0) is 19.6. The van der Waals surface area contributed by atoms with Crippen LogP contribution in [0.1, 0.15) is 36.7 Å². The molecule has 2 N–H and O–H groups in total. The number of amides is 2. The van der Waals surface area contributed by atoms with E-state index in [2.05, 4.69) is 10.6 Å². The topological polar surface area (TPSA) is 76.7 Å². The molecule has 0 heterocycles. The quantitative estimate of drug-likeness (QED) is 0.712. The molecule has 0 aromatic heterocycles. The van der Waals surface area contributed by atoms with Gasteiger partial charge in [0.2, 0.25) is 5.91 Å². The summed E-state index contributed by atoms with van der Waals surface area (Å²) in [7, 11) is 0. The number of carbonyl (C=O) groups is 2. The molecule has 6 nitrogen and oxygen atoms in total. The highest BCUT2D eigenvalue weighted by Crippen LogP contribution is 2.28. The van der Waals surface area contributed by atoms with E-state index in [9.17, 15) is 9.59 Å². The van der Waals surface area contributed by atoms with Gasteiger partial charge in [-0.1, -0.05) is 30.3 Å². The maximum atomic E-state index is 12.5. The lowest BCUT2D eigenvalue weighted by Gasteiger charge is -2.16. The van der Waals surface area contributed by atoms with Crippen LogP contribution >= 0.6 is 0 Å². The second kappa shape index (κ2) is 10.2. The molecule has 0 aliphatic carbocycles. The standard InChI is InChI=1S/C21H26N2O4/c1-4-26-18-12-11-17(13-19(18)27-5-2)21(25)23-15(3)20(24)22-14-16-9-7-6-8-10-16/h6-13,15H,4-5,14H2,1-3H3,(H,22,24)(H,23,25). The third-order valence-electron chi connectivity index (χ3n) is 3.86. The zero-order valence-electron chi connectivity index (χ0n) is 16.0. The van der Waals surface area contributed by atoms with Crippen molar-refractivity contribution in [3.05, 3.63) is 59.7 Å². The Morgan fingerprint density at radius 2 is 1.63 bits per heavy atom. The van der Waals surface area contributed by atoms with E-state index >= 15 is 0 Å². The summed E-state index contributed by atoms with van der Waals surface area (Å²) in [5, 5.41) is 5.52. The van der Waals surface area contributed by atoms with Crippen molar-refractivity contribution in [3.8, 4) is 11.5 Å². The predicted molar refractivity (Wildman–Crippen MR) is 104 cm³/mol. The Balaban J connectivity index is 1.96. The normalized spacial score (nSPS) is 11.4. The van der Waals surface area contributed by atoms with Gasteiger partial charge in [0.15, 0.2) is 11.5 Å². The molecule has 27 heavy (non-hydrogen) atoms. The number of rotatable bonds is 9. The van der Waals surface area contributed by atoms with Crippen LogP contribution in [-0.2, 0) is 11.3 Å². The molecule has 0 spiro atoms. The van der Waals surface area contributed by atoms with E-state index in [1.165, 1.54) is 0 Å². The molecule has 0 fully saturated rings. The summed E-state index contributed by atoms with van der Waals surface area (Å²) < 4.78 is 11.0. The molecule has 144 valence electrons. The molecule has 2 rings (SSSR count). The molecule has 0 bridgehead atoms. The van der Waals surface area contributed by atoms with Gasteiger partial charge in [-0.25, -0.2) is 0 Å². The fraction of sp³-hybridized carbons (Fsp3) is 0.333. The summed E-state index contributed by atoms with van der Waals surface area (Å²) >= 11 is 0. The number of hydrogen-bond donors (Lipinski definition) is 2. The van der Waals surface area contributed by atoms with Gasteiger partial charge in [-0.3, -0.25) is 9.59 Å². The van der Waals surface area contributed by atoms with Gasteiger partial charge in [0.1, 0.15) is 6.04 Å². The molecule has 0 aliphatic heterocycles. The third-order valence-corrected chi connectivity index (χ3v) is 3.86. The highest BCUT2D eigenvalue weighted by atomic mass is 16.5. The molecule has 0 aliphatic rings. The van der Waals surface area contributed by atoms with Crippen molar-refractivity contribution in [2.75, 3.05) is 13.2 Å². The zero-order valence-corrected chi connectivity index (χ0v) is 16.0. The van der Waals surface area contributed by atoms with E-state index in [1.54, 1.807) is 25.1 Å². The number of carbonyl (C=O) groups excluding carboxylic acids is 2. The average Bonchev–Trinajstić information content (AvgIpc) is 2.68. The molecule has 0 radical (unpaired) electrons. The largest absolute Gasteiger partial charge is 0.490 e. The number of hydrogen-bond acceptors (Lipinski definition) is 4. The van der Waals surface area contributed by atoms with Crippen LogP contribution in [0.2, 0.25) is 0 Å². The fourth-order valence-corrected chi connectivity index (χ4v) is 2.48. The van der Waals surface area contributed by atoms with Crippen molar-refractivity contribution in [3.63, 3.8) is 0 Å². The van der Waals surface area contributed by atoms with Crippen LogP contribution in [0.15, 0.2) is 48.5 Å². The first-order valence-electron chi connectivity index (χ1n) is 9.07. The highest BCUT2D eigenvalue weighted by molar-refractivity contribution is 5.97.